The van der Waals surface area contributed by atoms with Gasteiger partial charge in [0, 0.05) is 18.3 Å². The minimum Gasteiger partial charge on any atom is -0.437 e. The average Bonchev–Trinajstić information content (AvgIpc) is 2.39. The maximum Gasteiger partial charge on any atom is 0.238 e. The highest BCUT2D eigenvalue weighted by atomic mass is 16.5. The lowest BCUT2D eigenvalue weighted by molar-refractivity contribution is 0.435. The second kappa shape index (κ2) is 6.01. The van der Waals surface area contributed by atoms with Crippen LogP contribution in [0.2, 0.25) is 0 Å². The highest BCUT2D eigenvalue weighted by molar-refractivity contribution is 5.40. The molecule has 0 amide bonds. The summed E-state index contributed by atoms with van der Waals surface area (Å²) in [5.41, 5.74) is 2.03. The summed E-state index contributed by atoms with van der Waals surface area (Å²) in [6.45, 7) is 7.17. The van der Waals surface area contributed by atoms with Gasteiger partial charge in [0.15, 0.2) is 0 Å². The van der Waals surface area contributed by atoms with E-state index in [9.17, 15) is 0 Å². The molecular weight excluding hydrogens is 250 g/mol. The number of benzene rings is 1. The molecule has 0 fully saturated rings. The molecule has 2 rings (SSSR count). The van der Waals surface area contributed by atoms with Crippen molar-refractivity contribution in [3.63, 3.8) is 0 Å². The Morgan fingerprint density at radius 3 is 2.60 bits per heavy atom. The fraction of sp³-hybridized carbons (Fsp3) is 0.375. The molecule has 0 unspecified atom stereocenters. The van der Waals surface area contributed by atoms with Crippen LogP contribution in [0.25, 0.3) is 0 Å². The number of nitrogens with zero attached hydrogens (tertiary/aromatic N) is 2. The Bertz CT molecular complexity index is 576. The van der Waals surface area contributed by atoms with E-state index in [4.69, 9.17) is 4.74 Å². The van der Waals surface area contributed by atoms with Crippen LogP contribution < -0.4 is 10.1 Å². The summed E-state index contributed by atoms with van der Waals surface area (Å²) >= 11 is 0. The molecule has 0 spiro atoms. The van der Waals surface area contributed by atoms with E-state index in [1.54, 1.807) is 12.4 Å². The summed E-state index contributed by atoms with van der Waals surface area (Å²) in [6.07, 6.45) is 3.37. The van der Waals surface area contributed by atoms with Gasteiger partial charge in [0.2, 0.25) is 5.88 Å². The average molecular weight is 271 g/mol. The lowest BCUT2D eigenvalue weighted by atomic mass is 9.86. The molecule has 2 aromatic rings. The van der Waals surface area contributed by atoms with E-state index in [-0.39, 0.29) is 5.41 Å². The monoisotopic (exact) mass is 271 g/mol. The molecule has 1 heterocycles. The van der Waals surface area contributed by atoms with Crippen LogP contribution in [-0.2, 0) is 12.0 Å². The predicted molar refractivity (Wildman–Crippen MR) is 80.0 cm³/mol. The molecule has 0 bridgehead atoms. The van der Waals surface area contributed by atoms with Crippen molar-refractivity contribution < 1.29 is 4.74 Å². The molecule has 0 saturated carbocycles. The van der Waals surface area contributed by atoms with Crippen LogP contribution in [-0.4, -0.2) is 17.0 Å². The highest BCUT2D eigenvalue weighted by Gasteiger charge is 2.19. The van der Waals surface area contributed by atoms with Crippen LogP contribution in [0.3, 0.4) is 0 Å². The molecule has 4 nitrogen and oxygen atoms in total. The Morgan fingerprint density at radius 1 is 1.15 bits per heavy atom. The number of para-hydroxylation sites is 1. The number of hydrogen-bond acceptors (Lipinski definition) is 4. The molecule has 4 heteroatoms. The van der Waals surface area contributed by atoms with Gasteiger partial charge in [-0.3, -0.25) is 4.98 Å². The van der Waals surface area contributed by atoms with Gasteiger partial charge in [0.25, 0.3) is 0 Å². The zero-order valence-corrected chi connectivity index (χ0v) is 12.5. The van der Waals surface area contributed by atoms with Crippen molar-refractivity contribution >= 4 is 0 Å². The maximum atomic E-state index is 5.92. The fourth-order valence-corrected chi connectivity index (χ4v) is 1.99. The third kappa shape index (κ3) is 3.54. The van der Waals surface area contributed by atoms with Crippen LogP contribution in [0.15, 0.2) is 36.7 Å². The minimum absolute atomic E-state index is 0.0204. The Morgan fingerprint density at radius 2 is 1.90 bits per heavy atom. The summed E-state index contributed by atoms with van der Waals surface area (Å²) in [4.78, 5) is 8.60. The first-order valence-corrected chi connectivity index (χ1v) is 6.73. The Labute approximate surface area is 120 Å². The lowest BCUT2D eigenvalue weighted by Gasteiger charge is -2.22. The summed E-state index contributed by atoms with van der Waals surface area (Å²) in [5.74, 6) is 1.35. The van der Waals surface area contributed by atoms with Gasteiger partial charge >= 0.3 is 0 Å². The largest absolute Gasteiger partial charge is 0.437 e. The zero-order chi connectivity index (χ0) is 14.6. The summed E-state index contributed by atoms with van der Waals surface area (Å²) in [6, 6.07) is 8.04. The fourth-order valence-electron chi connectivity index (χ4n) is 1.99. The van der Waals surface area contributed by atoms with Crippen LogP contribution >= 0.6 is 0 Å². The van der Waals surface area contributed by atoms with Crippen LogP contribution in [0.4, 0.5) is 0 Å². The predicted octanol–water partition coefficient (Wildman–Crippen LogP) is 3.29. The third-order valence-electron chi connectivity index (χ3n) is 2.93. The van der Waals surface area contributed by atoms with Gasteiger partial charge in [0.05, 0.1) is 11.9 Å². The van der Waals surface area contributed by atoms with Crippen molar-refractivity contribution in [2.75, 3.05) is 7.05 Å². The van der Waals surface area contributed by atoms with Crippen molar-refractivity contribution in [3.05, 3.63) is 47.9 Å². The first-order chi connectivity index (χ1) is 9.50. The summed E-state index contributed by atoms with van der Waals surface area (Å²) in [5, 5.41) is 3.05. The SMILES string of the molecule is CNCc1cncc(Oc2ccccc2C(C)(C)C)n1. The molecule has 0 aliphatic heterocycles. The Balaban J connectivity index is 2.28. The van der Waals surface area contributed by atoms with E-state index < -0.39 is 0 Å². The highest BCUT2D eigenvalue weighted by Crippen LogP contribution is 2.33. The molecule has 0 saturated heterocycles. The molecule has 1 aromatic heterocycles. The standard InChI is InChI=1S/C16H21N3O/c1-16(2,3)13-7-5-6-8-14(13)20-15-11-18-10-12(19-15)9-17-4/h5-8,10-11,17H,9H2,1-4H3. The number of nitrogens with one attached hydrogen (secondary N) is 1. The maximum absolute atomic E-state index is 5.92. The zero-order valence-electron chi connectivity index (χ0n) is 12.5. The molecule has 0 aliphatic carbocycles. The van der Waals surface area contributed by atoms with Crippen molar-refractivity contribution in [2.45, 2.75) is 32.7 Å². The molecule has 20 heavy (non-hydrogen) atoms. The van der Waals surface area contributed by atoms with Gasteiger partial charge in [-0.2, -0.15) is 0 Å². The van der Waals surface area contributed by atoms with E-state index in [0.717, 1.165) is 17.0 Å². The van der Waals surface area contributed by atoms with E-state index in [1.807, 2.05) is 25.2 Å². The lowest BCUT2D eigenvalue weighted by Crippen LogP contribution is -2.12. The van der Waals surface area contributed by atoms with Crippen molar-refractivity contribution in [2.24, 2.45) is 0 Å². The van der Waals surface area contributed by atoms with Gasteiger partial charge < -0.3 is 10.1 Å². The number of aromatic nitrogens is 2. The topological polar surface area (TPSA) is 47.0 Å². The van der Waals surface area contributed by atoms with Gasteiger partial charge in [-0.05, 0) is 18.5 Å². The Kier molecular flexibility index (Phi) is 4.35. The van der Waals surface area contributed by atoms with E-state index in [1.165, 1.54) is 0 Å². The van der Waals surface area contributed by atoms with Crippen LogP contribution in [0.5, 0.6) is 11.6 Å². The van der Waals surface area contributed by atoms with Gasteiger partial charge in [-0.15, -0.1) is 0 Å². The van der Waals surface area contributed by atoms with Gasteiger partial charge in [-0.1, -0.05) is 39.0 Å². The molecule has 1 N–H and O–H groups in total. The van der Waals surface area contributed by atoms with Crippen molar-refractivity contribution in [3.8, 4) is 11.6 Å². The summed E-state index contributed by atoms with van der Waals surface area (Å²) < 4.78 is 5.92. The molecule has 0 atom stereocenters. The number of rotatable bonds is 4. The van der Waals surface area contributed by atoms with E-state index >= 15 is 0 Å². The summed E-state index contributed by atoms with van der Waals surface area (Å²) in [7, 11) is 1.88. The Hall–Kier alpha value is -1.94. The molecule has 1 aromatic carbocycles. The molecule has 106 valence electrons. The van der Waals surface area contributed by atoms with Crippen molar-refractivity contribution in [1.29, 1.82) is 0 Å². The second-order valence-corrected chi connectivity index (χ2v) is 5.73. The van der Waals surface area contributed by atoms with Crippen LogP contribution in [0, 0.1) is 0 Å². The van der Waals surface area contributed by atoms with Gasteiger partial charge in [0.1, 0.15) is 5.75 Å². The second-order valence-electron chi connectivity index (χ2n) is 5.73. The van der Waals surface area contributed by atoms with E-state index in [0.29, 0.717) is 12.4 Å². The van der Waals surface area contributed by atoms with Crippen LogP contribution in [0.1, 0.15) is 32.0 Å². The normalized spacial score (nSPS) is 11.4. The number of ether oxygens (including phenoxy) is 1. The molecular formula is C16H21N3O. The smallest absolute Gasteiger partial charge is 0.238 e. The molecule has 0 aliphatic rings. The van der Waals surface area contributed by atoms with Gasteiger partial charge in [-0.25, -0.2) is 4.98 Å². The van der Waals surface area contributed by atoms with E-state index in [2.05, 4.69) is 42.1 Å². The number of hydrogen-bond donors (Lipinski definition) is 1. The first-order valence-electron chi connectivity index (χ1n) is 6.73. The third-order valence-corrected chi connectivity index (χ3v) is 2.93. The molecule has 0 radical (unpaired) electrons. The quantitative estimate of drug-likeness (QED) is 0.927. The first kappa shape index (κ1) is 14.5. The minimum atomic E-state index is 0.0204. The van der Waals surface area contributed by atoms with Crippen molar-refractivity contribution in [1.82, 2.24) is 15.3 Å².